The lowest BCUT2D eigenvalue weighted by atomic mass is 10.2. The molecular formula is C19H13Br2ClN4O3. The second kappa shape index (κ2) is 9.82. The minimum atomic E-state index is -0.514. The Bertz CT molecular complexity index is 1020. The smallest absolute Gasteiger partial charge is 0.287 e. The second-order valence-corrected chi connectivity index (χ2v) is 7.93. The van der Waals surface area contributed by atoms with Crippen LogP contribution in [0.2, 0.25) is 5.02 Å². The van der Waals surface area contributed by atoms with Crippen molar-refractivity contribution in [2.75, 3.05) is 5.43 Å². The van der Waals surface area contributed by atoms with Crippen LogP contribution in [0.15, 0.2) is 68.8 Å². The molecule has 0 unspecified atom stereocenters. The van der Waals surface area contributed by atoms with E-state index < -0.39 is 4.92 Å². The molecule has 0 saturated heterocycles. The molecule has 7 nitrogen and oxygen atoms in total. The van der Waals surface area contributed by atoms with Gasteiger partial charge in [-0.15, -0.1) is 0 Å². The van der Waals surface area contributed by atoms with E-state index in [0.717, 1.165) is 21.8 Å². The van der Waals surface area contributed by atoms with Crippen LogP contribution < -0.4 is 10.2 Å². The molecule has 0 radical (unpaired) electrons. The molecule has 0 aliphatic heterocycles. The highest BCUT2D eigenvalue weighted by atomic mass is 79.9. The van der Waals surface area contributed by atoms with Crippen molar-refractivity contribution in [2.45, 2.75) is 6.61 Å². The molecule has 0 fully saturated rings. The van der Waals surface area contributed by atoms with Crippen molar-refractivity contribution in [2.24, 2.45) is 5.10 Å². The molecule has 1 heterocycles. The molecule has 0 amide bonds. The Morgan fingerprint density at radius 3 is 2.59 bits per heavy atom. The van der Waals surface area contributed by atoms with Gasteiger partial charge in [-0.2, -0.15) is 5.10 Å². The van der Waals surface area contributed by atoms with E-state index in [2.05, 4.69) is 47.4 Å². The van der Waals surface area contributed by atoms with Gasteiger partial charge in [0.2, 0.25) is 0 Å². The zero-order valence-electron chi connectivity index (χ0n) is 14.7. The van der Waals surface area contributed by atoms with Gasteiger partial charge in [0.1, 0.15) is 18.6 Å². The molecule has 0 atom stereocenters. The van der Waals surface area contributed by atoms with Crippen LogP contribution in [0.4, 0.5) is 11.5 Å². The minimum Gasteiger partial charge on any atom is -0.486 e. The molecule has 0 spiro atoms. The fourth-order valence-electron chi connectivity index (χ4n) is 2.26. The number of halogens is 3. The molecule has 0 saturated carbocycles. The standard InChI is InChI=1S/C19H13Br2ClN4O3/c20-14-3-1-12(2-4-14)11-29-19-16(21)7-13(8-17(19)22)9-24-25-18-6-5-15(10-23-18)26(27)28/h1-10H,11H2,(H,23,25). The van der Waals surface area contributed by atoms with Gasteiger partial charge in [-0.05, 0) is 57.4 Å². The first-order chi connectivity index (χ1) is 13.9. The molecule has 10 heteroatoms. The van der Waals surface area contributed by atoms with Gasteiger partial charge in [0.15, 0.2) is 5.75 Å². The third-order valence-electron chi connectivity index (χ3n) is 3.67. The molecule has 148 valence electrons. The number of hydrazone groups is 1. The van der Waals surface area contributed by atoms with Crippen LogP contribution in [0.5, 0.6) is 5.75 Å². The van der Waals surface area contributed by atoms with Gasteiger partial charge < -0.3 is 4.74 Å². The Balaban J connectivity index is 1.64. The third-order valence-corrected chi connectivity index (χ3v) is 5.07. The maximum Gasteiger partial charge on any atom is 0.287 e. The minimum absolute atomic E-state index is 0.0889. The third kappa shape index (κ3) is 5.99. The van der Waals surface area contributed by atoms with Gasteiger partial charge in [-0.25, -0.2) is 4.98 Å². The van der Waals surface area contributed by atoms with Crippen molar-refractivity contribution in [1.82, 2.24) is 4.98 Å². The number of benzene rings is 2. The van der Waals surface area contributed by atoms with Gasteiger partial charge in [-0.3, -0.25) is 15.5 Å². The number of aromatic nitrogens is 1. The predicted molar refractivity (Wildman–Crippen MR) is 120 cm³/mol. The summed E-state index contributed by atoms with van der Waals surface area (Å²) in [5.74, 6) is 0.920. The Morgan fingerprint density at radius 1 is 1.21 bits per heavy atom. The molecule has 3 rings (SSSR count). The van der Waals surface area contributed by atoms with E-state index in [9.17, 15) is 10.1 Å². The first-order valence-electron chi connectivity index (χ1n) is 8.18. The molecule has 0 aliphatic rings. The van der Waals surface area contributed by atoms with Crippen LogP contribution in [-0.4, -0.2) is 16.1 Å². The summed E-state index contributed by atoms with van der Waals surface area (Å²) in [6.07, 6.45) is 2.71. The van der Waals surface area contributed by atoms with Gasteiger partial charge in [0, 0.05) is 10.5 Å². The summed E-state index contributed by atoms with van der Waals surface area (Å²) in [5, 5.41) is 15.1. The Hall–Kier alpha value is -2.49. The SMILES string of the molecule is O=[N+]([O-])c1ccc(NN=Cc2cc(Cl)c(OCc3ccc(Br)cc3)c(Br)c2)nc1. The van der Waals surface area contributed by atoms with Gasteiger partial charge in [0.05, 0.1) is 20.6 Å². The number of ether oxygens (including phenoxy) is 1. The molecule has 3 aromatic rings. The van der Waals surface area contributed by atoms with Crippen molar-refractivity contribution < 1.29 is 9.66 Å². The van der Waals surface area contributed by atoms with Gasteiger partial charge in [0.25, 0.3) is 5.69 Å². The number of anilines is 1. The number of rotatable bonds is 7. The van der Waals surface area contributed by atoms with Crippen LogP contribution in [0, 0.1) is 10.1 Å². The summed E-state index contributed by atoms with van der Waals surface area (Å²) in [7, 11) is 0. The maximum absolute atomic E-state index is 10.6. The fourth-order valence-corrected chi connectivity index (χ4v) is 3.51. The number of nitrogens with one attached hydrogen (secondary N) is 1. The molecule has 29 heavy (non-hydrogen) atoms. The lowest BCUT2D eigenvalue weighted by molar-refractivity contribution is -0.385. The highest BCUT2D eigenvalue weighted by Crippen LogP contribution is 2.34. The summed E-state index contributed by atoms with van der Waals surface area (Å²) >= 11 is 13.2. The first-order valence-corrected chi connectivity index (χ1v) is 10.1. The molecular weight excluding hydrogens is 527 g/mol. The summed E-state index contributed by atoms with van der Waals surface area (Å²) < 4.78 is 7.53. The zero-order valence-corrected chi connectivity index (χ0v) is 18.6. The van der Waals surface area contributed by atoms with Crippen LogP contribution in [-0.2, 0) is 6.61 Å². The number of pyridine rings is 1. The Kier molecular flexibility index (Phi) is 7.18. The van der Waals surface area contributed by atoms with Crippen LogP contribution in [0.3, 0.4) is 0 Å². The highest BCUT2D eigenvalue weighted by molar-refractivity contribution is 9.10. The fraction of sp³-hybridized carbons (Fsp3) is 0.0526. The highest BCUT2D eigenvalue weighted by Gasteiger charge is 2.09. The summed E-state index contributed by atoms with van der Waals surface area (Å²) in [6, 6.07) is 14.2. The van der Waals surface area contributed by atoms with Crippen molar-refractivity contribution in [3.63, 3.8) is 0 Å². The van der Waals surface area contributed by atoms with E-state index in [4.69, 9.17) is 16.3 Å². The topological polar surface area (TPSA) is 89.7 Å². The number of hydrogen-bond acceptors (Lipinski definition) is 6. The Labute approximate surface area is 188 Å². The van der Waals surface area contributed by atoms with Crippen LogP contribution in [0.1, 0.15) is 11.1 Å². The van der Waals surface area contributed by atoms with Gasteiger partial charge in [-0.1, -0.05) is 39.7 Å². The lowest BCUT2D eigenvalue weighted by Gasteiger charge is -2.11. The lowest BCUT2D eigenvalue weighted by Crippen LogP contribution is -1.98. The van der Waals surface area contributed by atoms with Crippen LogP contribution >= 0.6 is 43.5 Å². The zero-order chi connectivity index (χ0) is 20.8. The molecule has 1 aromatic heterocycles. The number of nitro groups is 1. The molecule has 0 bridgehead atoms. The average molecular weight is 541 g/mol. The van der Waals surface area contributed by atoms with E-state index >= 15 is 0 Å². The predicted octanol–water partition coefficient (Wildman–Crippen LogP) is 6.19. The summed E-state index contributed by atoms with van der Waals surface area (Å²) in [4.78, 5) is 14.0. The van der Waals surface area contributed by atoms with Gasteiger partial charge >= 0.3 is 0 Å². The number of hydrogen-bond donors (Lipinski definition) is 1. The van der Waals surface area contributed by atoms with E-state index in [1.807, 2.05) is 30.3 Å². The van der Waals surface area contributed by atoms with Crippen molar-refractivity contribution in [1.29, 1.82) is 0 Å². The molecule has 1 N–H and O–H groups in total. The van der Waals surface area contributed by atoms with E-state index in [1.54, 1.807) is 12.3 Å². The summed E-state index contributed by atoms with van der Waals surface area (Å²) in [5.41, 5.74) is 4.36. The number of nitrogens with zero attached hydrogens (tertiary/aromatic N) is 3. The van der Waals surface area contributed by atoms with Crippen LogP contribution in [0.25, 0.3) is 0 Å². The second-order valence-electron chi connectivity index (χ2n) is 5.76. The van der Waals surface area contributed by atoms with Crippen molar-refractivity contribution >= 4 is 61.2 Å². The quantitative estimate of drug-likeness (QED) is 0.219. The Morgan fingerprint density at radius 2 is 1.97 bits per heavy atom. The van der Waals surface area contributed by atoms with E-state index in [0.29, 0.717) is 27.7 Å². The first kappa shape index (κ1) is 21.2. The maximum atomic E-state index is 10.6. The molecule has 2 aromatic carbocycles. The van der Waals surface area contributed by atoms with Crippen molar-refractivity contribution in [3.8, 4) is 5.75 Å². The van der Waals surface area contributed by atoms with E-state index in [-0.39, 0.29) is 5.69 Å². The largest absolute Gasteiger partial charge is 0.486 e. The van der Waals surface area contributed by atoms with Crippen molar-refractivity contribution in [3.05, 3.63) is 89.9 Å². The average Bonchev–Trinajstić information content (AvgIpc) is 2.69. The monoisotopic (exact) mass is 538 g/mol. The molecule has 0 aliphatic carbocycles. The normalized spacial score (nSPS) is 10.9. The summed E-state index contributed by atoms with van der Waals surface area (Å²) in [6.45, 7) is 0.381. The van der Waals surface area contributed by atoms with E-state index in [1.165, 1.54) is 12.1 Å².